The van der Waals surface area contributed by atoms with Crippen LogP contribution in [0.1, 0.15) is 25.5 Å². The fourth-order valence-electron chi connectivity index (χ4n) is 2.55. The minimum absolute atomic E-state index is 0.870. The van der Waals surface area contributed by atoms with E-state index in [0.29, 0.717) is 0 Å². The lowest BCUT2D eigenvalue weighted by Gasteiger charge is -2.18. The molecule has 1 aromatic carbocycles. The molecule has 0 radical (unpaired) electrons. The number of halogens is 1. The van der Waals surface area contributed by atoms with Crippen LogP contribution in [0.25, 0.3) is 10.6 Å². The number of rotatable bonds is 7. The van der Waals surface area contributed by atoms with E-state index in [4.69, 9.17) is 9.72 Å². The van der Waals surface area contributed by atoms with Gasteiger partial charge in [-0.3, -0.25) is 4.90 Å². The van der Waals surface area contributed by atoms with Crippen molar-refractivity contribution in [3.8, 4) is 16.3 Å². The molecular formula is C17H21BrN2OS. The molecule has 1 aliphatic rings. The van der Waals surface area contributed by atoms with Gasteiger partial charge < -0.3 is 4.74 Å². The number of nitrogens with zero attached hydrogens (tertiary/aromatic N) is 2. The molecule has 0 aliphatic heterocycles. The van der Waals surface area contributed by atoms with Crippen LogP contribution in [0, 0.1) is 5.92 Å². The second-order valence-electron chi connectivity index (χ2n) is 5.76. The largest absolute Gasteiger partial charge is 0.496 e. The molecule has 3 rings (SSSR count). The summed E-state index contributed by atoms with van der Waals surface area (Å²) < 4.78 is 6.51. The fraction of sp³-hybridized carbons (Fsp3) is 0.471. The lowest BCUT2D eigenvalue weighted by Crippen LogP contribution is -2.25. The first-order chi connectivity index (χ1) is 10.7. The number of hydrogen-bond acceptors (Lipinski definition) is 4. The summed E-state index contributed by atoms with van der Waals surface area (Å²) in [4.78, 5) is 7.32. The molecule has 0 bridgehead atoms. The van der Waals surface area contributed by atoms with Crippen LogP contribution in [0.15, 0.2) is 28.1 Å². The first kappa shape index (κ1) is 16.0. The summed E-state index contributed by atoms with van der Waals surface area (Å²) >= 11 is 5.22. The van der Waals surface area contributed by atoms with Crippen molar-refractivity contribution < 1.29 is 4.74 Å². The Kier molecular flexibility index (Phi) is 5.16. The van der Waals surface area contributed by atoms with Crippen molar-refractivity contribution in [2.24, 2.45) is 5.92 Å². The highest BCUT2D eigenvalue weighted by molar-refractivity contribution is 9.10. The minimum Gasteiger partial charge on any atom is -0.496 e. The summed E-state index contributed by atoms with van der Waals surface area (Å²) in [6.07, 6.45) is 2.79. The van der Waals surface area contributed by atoms with E-state index in [1.807, 2.05) is 12.1 Å². The smallest absolute Gasteiger partial charge is 0.129 e. The molecule has 0 spiro atoms. The number of thiazole rings is 1. The van der Waals surface area contributed by atoms with Gasteiger partial charge in [-0.05, 0) is 43.5 Å². The molecule has 1 aliphatic carbocycles. The van der Waals surface area contributed by atoms with Crippen LogP contribution in [0.4, 0.5) is 0 Å². The molecule has 5 heteroatoms. The Morgan fingerprint density at radius 3 is 2.91 bits per heavy atom. The molecule has 118 valence electrons. The van der Waals surface area contributed by atoms with Crippen LogP contribution in [-0.2, 0) is 6.54 Å². The molecule has 0 amide bonds. The highest BCUT2D eigenvalue weighted by atomic mass is 79.9. The zero-order chi connectivity index (χ0) is 15.5. The monoisotopic (exact) mass is 380 g/mol. The van der Waals surface area contributed by atoms with E-state index < -0.39 is 0 Å². The quantitative estimate of drug-likeness (QED) is 0.688. The normalized spacial score (nSPS) is 14.5. The summed E-state index contributed by atoms with van der Waals surface area (Å²) in [5.74, 6) is 1.79. The summed E-state index contributed by atoms with van der Waals surface area (Å²) in [7, 11) is 1.70. The Morgan fingerprint density at radius 2 is 2.23 bits per heavy atom. The SMILES string of the molecule is CCN(Cc1csc(-c2cc(Br)ccc2OC)n1)CC1CC1. The van der Waals surface area contributed by atoms with Gasteiger partial charge >= 0.3 is 0 Å². The third kappa shape index (κ3) is 3.89. The van der Waals surface area contributed by atoms with Gasteiger partial charge in [0.25, 0.3) is 0 Å². The molecule has 1 fully saturated rings. The van der Waals surface area contributed by atoms with Crippen LogP contribution in [0.2, 0.25) is 0 Å². The molecule has 0 atom stereocenters. The number of benzene rings is 1. The second kappa shape index (κ2) is 7.11. The predicted molar refractivity (Wildman–Crippen MR) is 95.5 cm³/mol. The Labute approximate surface area is 144 Å². The molecule has 1 saturated carbocycles. The van der Waals surface area contributed by atoms with Gasteiger partial charge in [0.05, 0.1) is 18.4 Å². The van der Waals surface area contributed by atoms with E-state index in [2.05, 4.69) is 39.2 Å². The van der Waals surface area contributed by atoms with E-state index in [-0.39, 0.29) is 0 Å². The Morgan fingerprint density at radius 1 is 1.41 bits per heavy atom. The number of ether oxygens (including phenoxy) is 1. The lowest BCUT2D eigenvalue weighted by atomic mass is 10.2. The molecule has 1 heterocycles. The van der Waals surface area contributed by atoms with E-state index in [1.54, 1.807) is 18.4 Å². The van der Waals surface area contributed by atoms with E-state index in [1.165, 1.54) is 19.4 Å². The van der Waals surface area contributed by atoms with Crippen LogP contribution < -0.4 is 4.74 Å². The molecular weight excluding hydrogens is 360 g/mol. The summed E-state index contributed by atoms with van der Waals surface area (Å²) in [6.45, 7) is 5.47. The Hall–Kier alpha value is -0.910. The van der Waals surface area contributed by atoms with E-state index in [9.17, 15) is 0 Å². The highest BCUT2D eigenvalue weighted by Crippen LogP contribution is 2.35. The van der Waals surface area contributed by atoms with Crippen LogP contribution in [-0.4, -0.2) is 30.1 Å². The van der Waals surface area contributed by atoms with Crippen molar-refractivity contribution in [3.63, 3.8) is 0 Å². The van der Waals surface area contributed by atoms with Crippen LogP contribution in [0.5, 0.6) is 5.75 Å². The molecule has 0 saturated heterocycles. The molecule has 22 heavy (non-hydrogen) atoms. The predicted octanol–water partition coefficient (Wildman–Crippen LogP) is 4.81. The van der Waals surface area contributed by atoms with Crippen molar-refractivity contribution >= 4 is 27.3 Å². The third-order valence-electron chi connectivity index (χ3n) is 3.99. The second-order valence-corrected chi connectivity index (χ2v) is 7.53. The van der Waals surface area contributed by atoms with Gasteiger partial charge in [0, 0.05) is 22.9 Å². The Bertz CT molecular complexity index is 639. The number of hydrogen-bond donors (Lipinski definition) is 0. The first-order valence-corrected chi connectivity index (χ1v) is 9.37. The van der Waals surface area contributed by atoms with Gasteiger partial charge in [-0.25, -0.2) is 4.98 Å². The molecule has 3 nitrogen and oxygen atoms in total. The topological polar surface area (TPSA) is 25.4 Å². The lowest BCUT2D eigenvalue weighted by molar-refractivity contribution is 0.266. The third-order valence-corrected chi connectivity index (χ3v) is 5.41. The van der Waals surface area contributed by atoms with Gasteiger partial charge in [-0.15, -0.1) is 11.3 Å². The Balaban J connectivity index is 1.76. The molecule has 0 N–H and O–H groups in total. The van der Waals surface area contributed by atoms with Crippen molar-refractivity contribution in [3.05, 3.63) is 33.7 Å². The first-order valence-electron chi connectivity index (χ1n) is 7.70. The summed E-state index contributed by atoms with van der Waals surface area (Å²) in [5, 5.41) is 3.20. The molecule has 1 aromatic heterocycles. The highest BCUT2D eigenvalue weighted by Gasteiger charge is 2.24. The maximum Gasteiger partial charge on any atom is 0.129 e. The average Bonchev–Trinajstić information content (AvgIpc) is 3.22. The maximum absolute atomic E-state index is 5.46. The van der Waals surface area contributed by atoms with E-state index >= 15 is 0 Å². The van der Waals surface area contributed by atoms with Gasteiger partial charge in [-0.1, -0.05) is 22.9 Å². The van der Waals surface area contributed by atoms with Crippen molar-refractivity contribution in [2.45, 2.75) is 26.3 Å². The van der Waals surface area contributed by atoms with Gasteiger partial charge in [0.2, 0.25) is 0 Å². The standard InChI is InChI=1S/C17H21BrN2OS/c1-3-20(9-12-4-5-12)10-14-11-22-17(19-14)15-8-13(18)6-7-16(15)21-2/h6-8,11-12H,3-5,9-10H2,1-2H3. The van der Waals surface area contributed by atoms with Crippen molar-refractivity contribution in [1.29, 1.82) is 0 Å². The molecule has 2 aromatic rings. The van der Waals surface area contributed by atoms with Crippen molar-refractivity contribution in [1.82, 2.24) is 9.88 Å². The summed E-state index contributed by atoms with van der Waals surface area (Å²) in [6, 6.07) is 6.04. The van der Waals surface area contributed by atoms with E-state index in [0.717, 1.165) is 45.5 Å². The van der Waals surface area contributed by atoms with Gasteiger partial charge in [0.1, 0.15) is 10.8 Å². The number of aromatic nitrogens is 1. The summed E-state index contributed by atoms with van der Waals surface area (Å²) in [5.41, 5.74) is 2.21. The van der Waals surface area contributed by atoms with Crippen LogP contribution in [0.3, 0.4) is 0 Å². The average molecular weight is 381 g/mol. The minimum atomic E-state index is 0.870. The van der Waals surface area contributed by atoms with Gasteiger partial charge in [0.15, 0.2) is 0 Å². The van der Waals surface area contributed by atoms with Crippen LogP contribution >= 0.6 is 27.3 Å². The van der Waals surface area contributed by atoms with Gasteiger partial charge in [-0.2, -0.15) is 0 Å². The fourth-order valence-corrected chi connectivity index (χ4v) is 3.74. The van der Waals surface area contributed by atoms with Crippen molar-refractivity contribution in [2.75, 3.05) is 20.2 Å². The zero-order valence-corrected chi connectivity index (χ0v) is 15.4. The number of methoxy groups -OCH3 is 1. The maximum atomic E-state index is 5.46. The zero-order valence-electron chi connectivity index (χ0n) is 13.0. The molecule has 0 unspecified atom stereocenters.